The predicted octanol–water partition coefficient (Wildman–Crippen LogP) is 2.28. The summed E-state index contributed by atoms with van der Waals surface area (Å²) in [6, 6.07) is 1.95. The molecule has 2 rings (SSSR count). The highest BCUT2D eigenvalue weighted by molar-refractivity contribution is 5.30. The van der Waals surface area contributed by atoms with Crippen LogP contribution in [0.5, 0.6) is 5.75 Å². The van der Waals surface area contributed by atoms with Gasteiger partial charge in [-0.05, 0) is 32.0 Å². The second kappa shape index (κ2) is 6.96. The van der Waals surface area contributed by atoms with Gasteiger partial charge < -0.3 is 10.1 Å². The van der Waals surface area contributed by atoms with Gasteiger partial charge in [-0.15, -0.1) is 0 Å². The Hall–Kier alpha value is -2.01. The molecule has 0 saturated carbocycles. The Morgan fingerprint density at radius 1 is 1.20 bits per heavy atom. The average molecular weight is 272 g/mol. The number of aryl methyl sites for hydroxylation is 1. The normalized spacial score (nSPS) is 12.2. The molecule has 106 valence electrons. The van der Waals surface area contributed by atoms with Crippen LogP contribution in [0.1, 0.15) is 36.3 Å². The van der Waals surface area contributed by atoms with E-state index in [2.05, 4.69) is 27.2 Å². The van der Waals surface area contributed by atoms with Crippen molar-refractivity contribution >= 4 is 0 Å². The first-order valence-corrected chi connectivity index (χ1v) is 6.78. The van der Waals surface area contributed by atoms with E-state index in [1.54, 1.807) is 18.6 Å². The van der Waals surface area contributed by atoms with Gasteiger partial charge in [-0.1, -0.05) is 6.92 Å². The molecule has 0 amide bonds. The zero-order chi connectivity index (χ0) is 14.4. The number of pyridine rings is 1. The van der Waals surface area contributed by atoms with Gasteiger partial charge in [-0.3, -0.25) is 15.0 Å². The Bertz CT molecular complexity index is 542. The van der Waals surface area contributed by atoms with Crippen LogP contribution in [0.3, 0.4) is 0 Å². The molecule has 0 radical (unpaired) electrons. The molecule has 5 nitrogen and oxygen atoms in total. The minimum Gasteiger partial charge on any atom is -0.492 e. The molecule has 0 spiro atoms. The molecule has 2 aromatic rings. The molecule has 0 aliphatic carbocycles. The SMILES string of the molecule is CCCOc1cncc(C(NC)c2cnc(C)cn2)c1. The van der Waals surface area contributed by atoms with Gasteiger partial charge in [-0.2, -0.15) is 0 Å². The molecule has 20 heavy (non-hydrogen) atoms. The van der Waals surface area contributed by atoms with Crippen molar-refractivity contribution in [1.29, 1.82) is 0 Å². The fourth-order valence-electron chi connectivity index (χ4n) is 1.93. The Labute approximate surface area is 119 Å². The third kappa shape index (κ3) is 3.51. The molecule has 2 aromatic heterocycles. The van der Waals surface area contributed by atoms with Gasteiger partial charge in [-0.25, -0.2) is 0 Å². The van der Waals surface area contributed by atoms with E-state index in [-0.39, 0.29) is 6.04 Å². The first-order valence-electron chi connectivity index (χ1n) is 6.78. The second-order valence-corrected chi connectivity index (χ2v) is 4.61. The molecule has 0 aliphatic rings. The Balaban J connectivity index is 2.24. The van der Waals surface area contributed by atoms with Crippen molar-refractivity contribution in [2.24, 2.45) is 0 Å². The van der Waals surface area contributed by atoms with Crippen LogP contribution in [-0.2, 0) is 0 Å². The third-order valence-electron chi connectivity index (χ3n) is 2.93. The van der Waals surface area contributed by atoms with Crippen molar-refractivity contribution in [2.75, 3.05) is 13.7 Å². The number of ether oxygens (including phenoxy) is 1. The molecule has 1 atom stereocenters. The maximum Gasteiger partial charge on any atom is 0.137 e. The molecule has 2 heterocycles. The first kappa shape index (κ1) is 14.4. The smallest absolute Gasteiger partial charge is 0.137 e. The predicted molar refractivity (Wildman–Crippen MR) is 77.7 cm³/mol. The van der Waals surface area contributed by atoms with Crippen molar-refractivity contribution in [3.8, 4) is 5.75 Å². The summed E-state index contributed by atoms with van der Waals surface area (Å²) in [7, 11) is 1.89. The van der Waals surface area contributed by atoms with E-state index < -0.39 is 0 Å². The number of aromatic nitrogens is 3. The quantitative estimate of drug-likeness (QED) is 0.874. The summed E-state index contributed by atoms with van der Waals surface area (Å²) in [6.45, 7) is 4.70. The van der Waals surface area contributed by atoms with Crippen molar-refractivity contribution in [3.63, 3.8) is 0 Å². The molecule has 1 N–H and O–H groups in total. The van der Waals surface area contributed by atoms with Gasteiger partial charge in [0, 0.05) is 12.4 Å². The summed E-state index contributed by atoms with van der Waals surface area (Å²) in [5.74, 6) is 0.782. The minimum atomic E-state index is -0.0409. The molecular formula is C15H20N4O. The molecule has 0 fully saturated rings. The van der Waals surface area contributed by atoms with Gasteiger partial charge in [0.1, 0.15) is 5.75 Å². The molecular weight excluding hydrogens is 252 g/mol. The van der Waals surface area contributed by atoms with Crippen molar-refractivity contribution in [1.82, 2.24) is 20.3 Å². The monoisotopic (exact) mass is 272 g/mol. The highest BCUT2D eigenvalue weighted by atomic mass is 16.5. The maximum absolute atomic E-state index is 5.62. The van der Waals surface area contributed by atoms with E-state index in [0.29, 0.717) is 6.61 Å². The van der Waals surface area contributed by atoms with E-state index in [0.717, 1.165) is 29.1 Å². The fourth-order valence-corrected chi connectivity index (χ4v) is 1.93. The number of hydrogen-bond acceptors (Lipinski definition) is 5. The molecule has 0 aliphatic heterocycles. The van der Waals surface area contributed by atoms with E-state index in [9.17, 15) is 0 Å². The zero-order valence-electron chi connectivity index (χ0n) is 12.1. The van der Waals surface area contributed by atoms with Gasteiger partial charge in [0.25, 0.3) is 0 Å². The zero-order valence-corrected chi connectivity index (χ0v) is 12.1. The fraction of sp³-hybridized carbons (Fsp3) is 0.400. The Morgan fingerprint density at radius 3 is 2.70 bits per heavy atom. The van der Waals surface area contributed by atoms with E-state index in [4.69, 9.17) is 4.74 Å². The van der Waals surface area contributed by atoms with Gasteiger partial charge in [0.05, 0.1) is 36.4 Å². The number of hydrogen-bond donors (Lipinski definition) is 1. The van der Waals surface area contributed by atoms with Crippen LogP contribution in [0.25, 0.3) is 0 Å². The molecule has 0 aromatic carbocycles. The molecule has 5 heteroatoms. The van der Waals surface area contributed by atoms with E-state index in [1.165, 1.54) is 0 Å². The highest BCUT2D eigenvalue weighted by Crippen LogP contribution is 2.22. The number of nitrogens with one attached hydrogen (secondary N) is 1. The number of nitrogens with zero attached hydrogens (tertiary/aromatic N) is 3. The van der Waals surface area contributed by atoms with Crippen molar-refractivity contribution in [3.05, 3.63) is 47.8 Å². The van der Waals surface area contributed by atoms with E-state index in [1.807, 2.05) is 26.2 Å². The third-order valence-corrected chi connectivity index (χ3v) is 2.93. The molecule has 0 bridgehead atoms. The topological polar surface area (TPSA) is 59.9 Å². The summed E-state index contributed by atoms with van der Waals surface area (Å²) < 4.78 is 5.62. The summed E-state index contributed by atoms with van der Waals surface area (Å²) >= 11 is 0. The maximum atomic E-state index is 5.62. The Kier molecular flexibility index (Phi) is 5.01. The standard InChI is InChI=1S/C15H20N4O/c1-4-5-20-13-6-12(8-17-9-13)15(16-3)14-10-18-11(2)7-19-14/h6-10,15-16H,4-5H2,1-3H3. The van der Waals surface area contributed by atoms with Crippen LogP contribution in [0.4, 0.5) is 0 Å². The summed E-state index contributed by atoms with van der Waals surface area (Å²) in [6.07, 6.45) is 8.08. The summed E-state index contributed by atoms with van der Waals surface area (Å²) in [5, 5.41) is 3.24. The molecule has 1 unspecified atom stereocenters. The van der Waals surface area contributed by atoms with Crippen LogP contribution in [0, 0.1) is 6.92 Å². The largest absolute Gasteiger partial charge is 0.492 e. The highest BCUT2D eigenvalue weighted by Gasteiger charge is 2.15. The second-order valence-electron chi connectivity index (χ2n) is 4.61. The average Bonchev–Trinajstić information content (AvgIpc) is 2.48. The lowest BCUT2D eigenvalue weighted by molar-refractivity contribution is 0.315. The van der Waals surface area contributed by atoms with Gasteiger partial charge in [0.15, 0.2) is 0 Å². The van der Waals surface area contributed by atoms with Crippen LogP contribution < -0.4 is 10.1 Å². The lowest BCUT2D eigenvalue weighted by Gasteiger charge is -2.16. The van der Waals surface area contributed by atoms with Gasteiger partial charge in [0.2, 0.25) is 0 Å². The summed E-state index contributed by atoms with van der Waals surface area (Å²) in [4.78, 5) is 13.0. The Morgan fingerprint density at radius 2 is 2.05 bits per heavy atom. The van der Waals surface area contributed by atoms with Crippen LogP contribution >= 0.6 is 0 Å². The van der Waals surface area contributed by atoms with Crippen LogP contribution in [-0.4, -0.2) is 28.6 Å². The van der Waals surface area contributed by atoms with Gasteiger partial charge >= 0.3 is 0 Å². The minimum absolute atomic E-state index is 0.0409. The number of rotatable bonds is 6. The van der Waals surface area contributed by atoms with E-state index >= 15 is 0 Å². The van der Waals surface area contributed by atoms with Crippen LogP contribution in [0.2, 0.25) is 0 Å². The van der Waals surface area contributed by atoms with Crippen molar-refractivity contribution < 1.29 is 4.74 Å². The van der Waals surface area contributed by atoms with Crippen molar-refractivity contribution in [2.45, 2.75) is 26.3 Å². The lowest BCUT2D eigenvalue weighted by atomic mass is 10.1. The molecule has 0 saturated heterocycles. The first-order chi connectivity index (χ1) is 9.74. The lowest BCUT2D eigenvalue weighted by Crippen LogP contribution is -2.19. The summed E-state index contributed by atoms with van der Waals surface area (Å²) in [5.41, 5.74) is 2.79. The van der Waals surface area contributed by atoms with Crippen LogP contribution in [0.15, 0.2) is 30.9 Å².